The Kier molecular flexibility index (Phi) is 1.27. The van der Waals surface area contributed by atoms with Gasteiger partial charge in [-0.25, -0.2) is 0 Å². The van der Waals surface area contributed by atoms with E-state index >= 15 is 0 Å². The summed E-state index contributed by atoms with van der Waals surface area (Å²) in [5.74, 6) is 1.33. The van der Waals surface area contributed by atoms with Gasteiger partial charge in [-0.3, -0.25) is 4.79 Å². The van der Waals surface area contributed by atoms with Crippen molar-refractivity contribution in [2.24, 2.45) is 0 Å². The van der Waals surface area contributed by atoms with Crippen molar-refractivity contribution in [1.29, 1.82) is 0 Å². The molecule has 2 fully saturated rings. The third-order valence-electron chi connectivity index (χ3n) is 1.89. The standard InChI is InChI=1S/C7H9NOS/c1-5-3-8-6(9)2-7(8)10-4-5/h7H,1-4H2/t7-/m1/s1. The molecule has 0 aliphatic carbocycles. The van der Waals surface area contributed by atoms with Crippen LogP contribution in [-0.4, -0.2) is 28.5 Å². The minimum atomic E-state index is 0.290. The van der Waals surface area contributed by atoms with E-state index in [9.17, 15) is 4.79 Å². The average molecular weight is 155 g/mol. The van der Waals surface area contributed by atoms with Crippen LogP contribution in [0.3, 0.4) is 0 Å². The van der Waals surface area contributed by atoms with Crippen molar-refractivity contribution in [3.63, 3.8) is 0 Å². The molecule has 2 saturated heterocycles. The molecule has 2 aliphatic heterocycles. The van der Waals surface area contributed by atoms with Crippen molar-refractivity contribution in [2.75, 3.05) is 12.3 Å². The van der Waals surface area contributed by atoms with E-state index in [1.807, 2.05) is 16.7 Å². The predicted molar refractivity (Wildman–Crippen MR) is 41.7 cm³/mol. The lowest BCUT2D eigenvalue weighted by Gasteiger charge is -2.43. The summed E-state index contributed by atoms with van der Waals surface area (Å²) in [4.78, 5) is 12.8. The molecular weight excluding hydrogens is 146 g/mol. The molecule has 0 N–H and O–H groups in total. The lowest BCUT2D eigenvalue weighted by atomic mass is 10.1. The van der Waals surface area contributed by atoms with Gasteiger partial charge in [-0.1, -0.05) is 6.58 Å². The smallest absolute Gasteiger partial charge is 0.226 e. The van der Waals surface area contributed by atoms with Crippen LogP contribution in [0.15, 0.2) is 12.2 Å². The predicted octanol–water partition coefficient (Wildman–Crippen LogP) is 0.848. The summed E-state index contributed by atoms with van der Waals surface area (Å²) in [6.07, 6.45) is 0.748. The number of nitrogens with zero attached hydrogens (tertiary/aromatic N) is 1. The van der Waals surface area contributed by atoms with Crippen LogP contribution >= 0.6 is 11.8 Å². The van der Waals surface area contributed by atoms with Gasteiger partial charge in [0.1, 0.15) is 0 Å². The minimum absolute atomic E-state index is 0.290. The Morgan fingerprint density at radius 1 is 1.70 bits per heavy atom. The van der Waals surface area contributed by atoms with Crippen LogP contribution in [0.1, 0.15) is 6.42 Å². The average Bonchev–Trinajstić information content (AvgIpc) is 1.92. The molecule has 0 aromatic rings. The summed E-state index contributed by atoms with van der Waals surface area (Å²) in [5.41, 5.74) is 1.18. The maximum Gasteiger partial charge on any atom is 0.226 e. The molecule has 2 aliphatic rings. The lowest BCUT2D eigenvalue weighted by Crippen LogP contribution is -2.53. The van der Waals surface area contributed by atoms with Gasteiger partial charge in [0.05, 0.1) is 11.8 Å². The van der Waals surface area contributed by atoms with E-state index in [0.29, 0.717) is 11.3 Å². The monoisotopic (exact) mass is 155 g/mol. The molecule has 10 heavy (non-hydrogen) atoms. The summed E-state index contributed by atoms with van der Waals surface area (Å²) >= 11 is 1.83. The Morgan fingerprint density at radius 2 is 2.50 bits per heavy atom. The van der Waals surface area contributed by atoms with Gasteiger partial charge in [0.25, 0.3) is 0 Å². The molecule has 3 heteroatoms. The zero-order valence-electron chi connectivity index (χ0n) is 5.67. The van der Waals surface area contributed by atoms with Gasteiger partial charge in [-0.15, -0.1) is 11.8 Å². The van der Waals surface area contributed by atoms with E-state index in [-0.39, 0.29) is 0 Å². The molecule has 1 amide bonds. The number of carbonyl (C=O) groups is 1. The SMILES string of the molecule is C=C1CS[C@@H]2CC(=O)N2C1. The zero-order chi connectivity index (χ0) is 7.14. The fraction of sp³-hybridized carbons (Fsp3) is 0.571. The summed E-state index contributed by atoms with van der Waals surface area (Å²) in [7, 11) is 0. The van der Waals surface area contributed by atoms with Crippen LogP contribution in [-0.2, 0) is 4.79 Å². The second-order valence-electron chi connectivity index (χ2n) is 2.74. The number of hydrogen-bond donors (Lipinski definition) is 0. The van der Waals surface area contributed by atoms with Gasteiger partial charge in [0.2, 0.25) is 5.91 Å². The van der Waals surface area contributed by atoms with Crippen molar-refractivity contribution < 1.29 is 4.79 Å². The molecule has 1 atom stereocenters. The van der Waals surface area contributed by atoms with Gasteiger partial charge in [0, 0.05) is 12.3 Å². The van der Waals surface area contributed by atoms with Crippen LogP contribution in [0.2, 0.25) is 0 Å². The second kappa shape index (κ2) is 2.02. The number of β-lactam (4-membered cyclic amide) rings is 1. The molecular formula is C7H9NOS. The Bertz CT molecular complexity index is 196. The van der Waals surface area contributed by atoms with Gasteiger partial charge in [0.15, 0.2) is 0 Å². The third-order valence-corrected chi connectivity index (χ3v) is 3.27. The van der Waals surface area contributed by atoms with E-state index in [2.05, 4.69) is 6.58 Å². The largest absolute Gasteiger partial charge is 0.326 e. The lowest BCUT2D eigenvalue weighted by molar-refractivity contribution is -0.141. The van der Waals surface area contributed by atoms with Gasteiger partial charge < -0.3 is 4.90 Å². The second-order valence-corrected chi connectivity index (χ2v) is 3.91. The van der Waals surface area contributed by atoms with Crippen LogP contribution in [0.5, 0.6) is 0 Å². The number of hydrogen-bond acceptors (Lipinski definition) is 2. The summed E-state index contributed by atoms with van der Waals surface area (Å²) in [6.45, 7) is 4.65. The van der Waals surface area contributed by atoms with Crippen molar-refractivity contribution in [2.45, 2.75) is 11.8 Å². The topological polar surface area (TPSA) is 20.3 Å². The minimum Gasteiger partial charge on any atom is -0.326 e. The third kappa shape index (κ3) is 0.770. The van der Waals surface area contributed by atoms with Crippen LogP contribution in [0.25, 0.3) is 0 Å². The highest BCUT2D eigenvalue weighted by Gasteiger charge is 2.38. The van der Waals surface area contributed by atoms with E-state index < -0.39 is 0 Å². The summed E-state index contributed by atoms with van der Waals surface area (Å²) < 4.78 is 0. The maximum atomic E-state index is 10.9. The number of thioether (sulfide) groups is 1. The van der Waals surface area contributed by atoms with Gasteiger partial charge in [-0.2, -0.15) is 0 Å². The van der Waals surface area contributed by atoms with Gasteiger partial charge in [-0.05, 0) is 5.57 Å². The van der Waals surface area contributed by atoms with E-state index in [1.54, 1.807) is 0 Å². The molecule has 2 nitrogen and oxygen atoms in total. The fourth-order valence-electron chi connectivity index (χ4n) is 1.26. The number of carbonyl (C=O) groups excluding carboxylic acids is 1. The highest BCUT2D eigenvalue weighted by Crippen LogP contribution is 2.34. The quantitative estimate of drug-likeness (QED) is 0.382. The Balaban J connectivity index is 2.07. The van der Waals surface area contributed by atoms with Crippen molar-refractivity contribution in [3.05, 3.63) is 12.2 Å². The summed E-state index contributed by atoms with van der Waals surface area (Å²) in [5, 5.41) is 0.484. The first kappa shape index (κ1) is 6.28. The highest BCUT2D eigenvalue weighted by molar-refractivity contribution is 8.00. The molecule has 0 aromatic heterocycles. The molecule has 0 aromatic carbocycles. The number of amides is 1. The zero-order valence-corrected chi connectivity index (χ0v) is 6.49. The van der Waals surface area contributed by atoms with E-state index in [4.69, 9.17) is 0 Å². The normalized spacial score (nSPS) is 31.6. The summed E-state index contributed by atoms with van der Waals surface area (Å²) in [6, 6.07) is 0. The van der Waals surface area contributed by atoms with Crippen molar-refractivity contribution in [1.82, 2.24) is 4.90 Å². The van der Waals surface area contributed by atoms with E-state index in [1.165, 1.54) is 5.57 Å². The molecule has 0 radical (unpaired) electrons. The molecule has 0 saturated carbocycles. The van der Waals surface area contributed by atoms with Crippen LogP contribution in [0.4, 0.5) is 0 Å². The number of rotatable bonds is 0. The maximum absolute atomic E-state index is 10.9. The molecule has 54 valence electrons. The van der Waals surface area contributed by atoms with Gasteiger partial charge >= 0.3 is 0 Å². The van der Waals surface area contributed by atoms with Crippen molar-refractivity contribution in [3.8, 4) is 0 Å². The number of fused-ring (bicyclic) bond motifs is 1. The first-order chi connectivity index (χ1) is 4.77. The Hall–Kier alpha value is -0.440. The van der Waals surface area contributed by atoms with E-state index in [0.717, 1.165) is 18.7 Å². The van der Waals surface area contributed by atoms with Crippen molar-refractivity contribution >= 4 is 17.7 Å². The molecule has 2 rings (SSSR count). The Morgan fingerprint density at radius 3 is 3.10 bits per heavy atom. The van der Waals surface area contributed by atoms with Crippen LogP contribution < -0.4 is 0 Å². The van der Waals surface area contributed by atoms with Crippen LogP contribution in [0, 0.1) is 0 Å². The molecule has 2 heterocycles. The first-order valence-corrected chi connectivity index (χ1v) is 4.40. The molecule has 0 bridgehead atoms. The fourth-order valence-corrected chi connectivity index (χ4v) is 2.42. The Labute approximate surface area is 64.3 Å². The molecule has 0 unspecified atom stereocenters. The molecule has 0 spiro atoms. The first-order valence-electron chi connectivity index (χ1n) is 3.35. The highest BCUT2D eigenvalue weighted by atomic mass is 32.2.